The van der Waals surface area contributed by atoms with E-state index in [1.807, 2.05) is 18.2 Å². The molecule has 0 fully saturated rings. The molecule has 0 spiro atoms. The third-order valence-corrected chi connectivity index (χ3v) is 27.0. The van der Waals surface area contributed by atoms with Crippen molar-refractivity contribution in [3.63, 3.8) is 0 Å². The molecule has 0 aliphatic rings. The summed E-state index contributed by atoms with van der Waals surface area (Å²) in [4.78, 5) is 33.4. The first-order chi connectivity index (χ1) is 60.4. The number of thiophene rings is 2. The van der Waals surface area contributed by atoms with E-state index in [0.717, 1.165) is 186 Å². The number of hydrogen-bond donors (Lipinski definition) is 0. The molecule has 0 bridgehead atoms. The van der Waals surface area contributed by atoms with Crippen molar-refractivity contribution >= 4 is 172 Å². The van der Waals surface area contributed by atoms with E-state index >= 15 is 0 Å². The molecular weight excluding hydrogens is 1530 g/mol. The average molecular weight is 1590 g/mol. The minimum Gasteiger partial charge on any atom is -0.456 e. The number of fused-ring (bicyclic) bond motifs is 20. The fourth-order valence-electron chi connectivity index (χ4n) is 18.8. The van der Waals surface area contributed by atoms with E-state index < -0.39 is 0 Å². The quantitative estimate of drug-likeness (QED) is 0.126. The Bertz CT molecular complexity index is 8940. The summed E-state index contributed by atoms with van der Waals surface area (Å²) in [5, 5.41) is 17.9. The summed E-state index contributed by atoms with van der Waals surface area (Å²) in [5.41, 5.74) is 20.5. The molecule has 0 saturated heterocycles. The highest BCUT2D eigenvalue weighted by molar-refractivity contribution is 7.26. The molecule has 566 valence electrons. The lowest BCUT2D eigenvalue weighted by Gasteiger charge is -2.15. The second kappa shape index (κ2) is 26.8. The van der Waals surface area contributed by atoms with Crippen LogP contribution in [0.1, 0.15) is 0 Å². The van der Waals surface area contributed by atoms with E-state index in [4.69, 9.17) is 38.7 Å². The first-order valence-electron chi connectivity index (χ1n) is 40.9. The van der Waals surface area contributed by atoms with Gasteiger partial charge in [0.15, 0.2) is 34.9 Å². The second-order valence-corrected chi connectivity index (χ2v) is 33.7. The van der Waals surface area contributed by atoms with E-state index in [0.29, 0.717) is 40.5 Å². The highest BCUT2D eigenvalue weighted by Gasteiger charge is 2.28. The van der Waals surface area contributed by atoms with Gasteiger partial charge < -0.3 is 18.0 Å². The molecule has 18 aromatic carbocycles. The fraction of sp³-hybridized carbons (Fsp3) is 0. The van der Waals surface area contributed by atoms with Crippen LogP contribution in [-0.2, 0) is 0 Å². The molecule has 12 heteroatoms. The number of rotatable bonds is 11. The Balaban J connectivity index is 0.632. The van der Waals surface area contributed by atoms with E-state index in [1.165, 1.54) is 35.6 Å². The average Bonchev–Trinajstić information content (AvgIpc) is 1.55. The van der Waals surface area contributed by atoms with Gasteiger partial charge in [-0.2, -0.15) is 0 Å². The van der Waals surface area contributed by atoms with E-state index in [1.54, 1.807) is 22.7 Å². The van der Waals surface area contributed by atoms with Crippen molar-refractivity contribution < 1.29 is 8.83 Å². The van der Waals surface area contributed by atoms with Crippen LogP contribution in [0.25, 0.3) is 262 Å². The molecule has 26 rings (SSSR count). The summed E-state index contributed by atoms with van der Waals surface area (Å²) in [6, 6.07) is 134. The largest absolute Gasteiger partial charge is 0.456 e. The van der Waals surface area contributed by atoms with Gasteiger partial charge in [-0.15, -0.1) is 22.7 Å². The monoisotopic (exact) mass is 1590 g/mol. The normalized spacial score (nSPS) is 12.1. The smallest absolute Gasteiger partial charge is 0.166 e. The minimum absolute atomic E-state index is 0.512. The van der Waals surface area contributed by atoms with Crippen molar-refractivity contribution in [3.8, 4) is 113 Å². The number of hydrogen-bond acceptors (Lipinski definition) is 10. The SMILES string of the molecule is c1ccc(-c2ccc(-c3nc(-c4cc5oc6cc(-c7cccc(-c8cccc(-c9nc(-c%10ccc%11sc%12ccccc%12c%11c%10)nc(-c%10cc%11oc%12ccccc%12c%11cc%10-n%10c%11ccccc%11c%11cc%12ccccc%12cc%11%10)n9)c8)c7)ccc6c5cc4-n4c5ccccc5c5cc6ccccc6cc54)nc(-c4cccc5c4sc4ccccc45)n3)cc2)cc1. The zero-order valence-corrected chi connectivity index (χ0v) is 66.6. The zero-order valence-electron chi connectivity index (χ0n) is 65.0. The molecule has 0 aliphatic carbocycles. The van der Waals surface area contributed by atoms with Gasteiger partial charge in [-0.25, -0.2) is 29.9 Å². The molecule has 122 heavy (non-hydrogen) atoms. The second-order valence-electron chi connectivity index (χ2n) is 31.6. The van der Waals surface area contributed by atoms with Crippen LogP contribution in [0.15, 0.2) is 385 Å². The van der Waals surface area contributed by atoms with E-state index in [-0.39, 0.29) is 0 Å². The van der Waals surface area contributed by atoms with Crippen molar-refractivity contribution in [2.45, 2.75) is 0 Å². The van der Waals surface area contributed by atoms with Crippen LogP contribution in [0.2, 0.25) is 0 Å². The van der Waals surface area contributed by atoms with Crippen molar-refractivity contribution in [1.82, 2.24) is 39.0 Å². The van der Waals surface area contributed by atoms with E-state index in [2.05, 4.69) is 367 Å². The fourth-order valence-corrected chi connectivity index (χ4v) is 21.1. The topological polar surface area (TPSA) is 113 Å². The lowest BCUT2D eigenvalue weighted by atomic mass is 9.97. The van der Waals surface area contributed by atoms with Crippen LogP contribution >= 0.6 is 22.7 Å². The Labute approximate surface area is 704 Å². The minimum atomic E-state index is 0.512. The van der Waals surface area contributed by atoms with Crippen molar-refractivity contribution in [3.05, 3.63) is 376 Å². The summed E-state index contributed by atoms with van der Waals surface area (Å²) in [6.45, 7) is 0. The third-order valence-electron chi connectivity index (χ3n) is 24.6. The first-order valence-corrected chi connectivity index (χ1v) is 42.5. The van der Waals surface area contributed by atoms with Crippen molar-refractivity contribution in [1.29, 1.82) is 0 Å². The molecule has 0 unspecified atom stereocenters. The summed E-state index contributed by atoms with van der Waals surface area (Å²) in [6.07, 6.45) is 0. The van der Waals surface area contributed by atoms with Crippen LogP contribution in [0, 0.1) is 0 Å². The lowest BCUT2D eigenvalue weighted by molar-refractivity contribution is 0.668. The van der Waals surface area contributed by atoms with Crippen LogP contribution in [0.5, 0.6) is 0 Å². The van der Waals surface area contributed by atoms with Crippen LogP contribution in [0.4, 0.5) is 0 Å². The highest BCUT2D eigenvalue weighted by Crippen LogP contribution is 2.48. The highest BCUT2D eigenvalue weighted by atomic mass is 32.1. The van der Waals surface area contributed by atoms with Crippen LogP contribution in [0.3, 0.4) is 0 Å². The van der Waals surface area contributed by atoms with Crippen LogP contribution in [-0.4, -0.2) is 39.0 Å². The number of benzene rings is 18. The Morgan fingerprint density at radius 2 is 0.582 bits per heavy atom. The Morgan fingerprint density at radius 1 is 0.189 bits per heavy atom. The zero-order chi connectivity index (χ0) is 79.8. The maximum Gasteiger partial charge on any atom is 0.166 e. The summed E-state index contributed by atoms with van der Waals surface area (Å²) in [7, 11) is 0. The van der Waals surface area contributed by atoms with Gasteiger partial charge in [0.25, 0.3) is 0 Å². The molecule has 0 radical (unpaired) electrons. The molecule has 8 heterocycles. The third kappa shape index (κ3) is 10.9. The summed E-state index contributed by atoms with van der Waals surface area (Å²) in [5.74, 6) is 3.25. The van der Waals surface area contributed by atoms with E-state index in [9.17, 15) is 0 Å². The van der Waals surface area contributed by atoms with Gasteiger partial charge in [0.1, 0.15) is 22.3 Å². The molecule has 0 saturated carbocycles. The Kier molecular flexibility index (Phi) is 15.0. The predicted octanol–water partition coefficient (Wildman–Crippen LogP) is 30.1. The standard InChI is InChI=1S/C110H62N8O2S2/c1-2-21-63(22-3-1)64-43-45-65(46-44-64)105-112-108(83-37-20-36-82-80-34-11-17-42-102(80)122-104(82)83)116-110(113-105)90-62-100-87(60-96(90)118-92-39-14-9-32-77(92)85-54-70-24-5-7-26-72(70)57-94(85)118)79-49-47-73(58-98(79)120-100)67-28-18-27-66(51-67)68-29-19-30-74(52-68)106-111-107(75-48-50-103-88(55-75)81-35-12-16-41-101(81)121-103)115-109(114-106)89-61-99-86(78-33-10-15-40-97(78)119-99)59-95(89)117-91-38-13-8-31-76(91)84-53-69-23-4-6-25-71(69)56-93(84)117/h1-62H. The predicted molar refractivity (Wildman–Crippen MR) is 506 cm³/mol. The Hall–Kier alpha value is -15.9. The number of para-hydroxylation sites is 3. The van der Waals surface area contributed by atoms with Gasteiger partial charge in [-0.05, 0) is 182 Å². The van der Waals surface area contributed by atoms with Gasteiger partial charge in [-0.3, -0.25) is 0 Å². The Morgan fingerprint density at radius 3 is 1.21 bits per heavy atom. The number of aromatic nitrogens is 8. The van der Waals surface area contributed by atoms with Crippen molar-refractivity contribution in [2.75, 3.05) is 0 Å². The van der Waals surface area contributed by atoms with Gasteiger partial charge >= 0.3 is 0 Å². The molecule has 0 aliphatic heterocycles. The molecule has 8 aromatic heterocycles. The molecule has 0 atom stereocenters. The molecule has 0 N–H and O–H groups in total. The number of furan rings is 2. The molecule has 10 nitrogen and oxygen atoms in total. The van der Waals surface area contributed by atoms with Gasteiger partial charge in [0, 0.05) is 117 Å². The lowest BCUT2D eigenvalue weighted by Crippen LogP contribution is -2.04. The number of nitrogens with zero attached hydrogens (tertiary/aromatic N) is 8. The van der Waals surface area contributed by atoms with Gasteiger partial charge in [-0.1, -0.05) is 249 Å². The van der Waals surface area contributed by atoms with Crippen LogP contribution < -0.4 is 0 Å². The molecule has 26 aromatic rings. The maximum atomic E-state index is 7.27. The van der Waals surface area contributed by atoms with Crippen molar-refractivity contribution in [2.24, 2.45) is 0 Å². The maximum absolute atomic E-state index is 7.27. The summed E-state index contributed by atoms with van der Waals surface area (Å²) < 4.78 is 23.6. The summed E-state index contributed by atoms with van der Waals surface area (Å²) >= 11 is 3.56. The van der Waals surface area contributed by atoms with Gasteiger partial charge in [0.2, 0.25) is 0 Å². The molecular formula is C110H62N8O2S2. The molecule has 0 amide bonds. The van der Waals surface area contributed by atoms with Gasteiger partial charge in [0.05, 0.1) is 33.4 Å². The first kappa shape index (κ1) is 68.2.